The molecule has 3 aliphatic heterocycles. The van der Waals surface area contributed by atoms with Gasteiger partial charge in [0.1, 0.15) is 23.4 Å². The van der Waals surface area contributed by atoms with Gasteiger partial charge in [0.15, 0.2) is 0 Å². The standard InChI is InChI=1S/C25H31N3O5/c1-13-10-19-22-16(15-7-6-14(32-5)11-18(15)27(13)22)12-20-23(30)26-17(24(31)28(19)20)8-9-21(29)33-25(2,3)4/h6-7,11,13,17,19-20H,8-10,12H2,1-5H3,(H,26,30)/t13?,17-,19-,20-/m0/s1. The average Bonchev–Trinajstić information content (AvgIpc) is 3.26. The third kappa shape index (κ3) is 3.47. The summed E-state index contributed by atoms with van der Waals surface area (Å²) in [5.74, 6) is 0.167. The lowest BCUT2D eigenvalue weighted by Gasteiger charge is -2.45. The second kappa shape index (κ2) is 7.50. The molecule has 8 heteroatoms. The van der Waals surface area contributed by atoms with E-state index in [1.807, 2.05) is 32.9 Å². The number of esters is 1. The van der Waals surface area contributed by atoms with Crippen LogP contribution < -0.4 is 10.1 Å². The van der Waals surface area contributed by atoms with Crippen molar-refractivity contribution in [3.05, 3.63) is 29.5 Å². The van der Waals surface area contributed by atoms with Crippen molar-refractivity contribution < 1.29 is 23.9 Å². The van der Waals surface area contributed by atoms with Crippen molar-refractivity contribution in [3.8, 4) is 5.75 Å². The molecule has 1 aromatic carbocycles. The molecular formula is C25H31N3O5. The minimum absolute atomic E-state index is 0.0822. The van der Waals surface area contributed by atoms with E-state index in [9.17, 15) is 14.4 Å². The Hall–Kier alpha value is -3.03. The lowest BCUT2D eigenvalue weighted by atomic mass is 9.87. The topological polar surface area (TPSA) is 89.9 Å². The maximum atomic E-state index is 13.6. The van der Waals surface area contributed by atoms with E-state index in [4.69, 9.17) is 9.47 Å². The van der Waals surface area contributed by atoms with Crippen molar-refractivity contribution in [3.63, 3.8) is 0 Å². The number of nitrogens with one attached hydrogen (secondary N) is 1. The summed E-state index contributed by atoms with van der Waals surface area (Å²) in [7, 11) is 1.65. The fourth-order valence-electron chi connectivity index (χ4n) is 5.74. The molecule has 1 fully saturated rings. The Morgan fingerprint density at radius 2 is 1.97 bits per heavy atom. The quantitative estimate of drug-likeness (QED) is 0.719. The Morgan fingerprint density at radius 3 is 2.67 bits per heavy atom. The fourth-order valence-corrected chi connectivity index (χ4v) is 5.74. The Kier molecular flexibility index (Phi) is 4.95. The summed E-state index contributed by atoms with van der Waals surface area (Å²) in [5.41, 5.74) is 2.79. The average molecular weight is 454 g/mol. The highest BCUT2D eigenvalue weighted by atomic mass is 16.6. The zero-order valence-electron chi connectivity index (χ0n) is 19.8. The van der Waals surface area contributed by atoms with Crippen LogP contribution in [0.4, 0.5) is 0 Å². The first kappa shape index (κ1) is 21.8. The lowest BCUT2D eigenvalue weighted by molar-refractivity contribution is -0.157. The van der Waals surface area contributed by atoms with Crippen LogP contribution in [0.15, 0.2) is 18.2 Å². The predicted octanol–water partition coefficient (Wildman–Crippen LogP) is 3.03. The van der Waals surface area contributed by atoms with Crippen LogP contribution in [-0.2, 0) is 25.5 Å². The van der Waals surface area contributed by atoms with Crippen molar-refractivity contribution in [2.24, 2.45) is 0 Å². The van der Waals surface area contributed by atoms with Crippen molar-refractivity contribution >= 4 is 28.7 Å². The highest BCUT2D eigenvalue weighted by molar-refractivity contribution is 5.99. The van der Waals surface area contributed by atoms with Gasteiger partial charge in [0, 0.05) is 36.0 Å². The fraction of sp³-hybridized carbons (Fsp3) is 0.560. The maximum absolute atomic E-state index is 13.6. The van der Waals surface area contributed by atoms with Gasteiger partial charge in [-0.2, -0.15) is 0 Å². The molecule has 1 unspecified atom stereocenters. The van der Waals surface area contributed by atoms with E-state index >= 15 is 0 Å². The molecule has 0 spiro atoms. The number of piperazine rings is 1. The number of hydrogen-bond acceptors (Lipinski definition) is 5. The molecule has 1 N–H and O–H groups in total. The minimum Gasteiger partial charge on any atom is -0.497 e. The molecule has 0 saturated carbocycles. The van der Waals surface area contributed by atoms with Gasteiger partial charge >= 0.3 is 5.97 Å². The molecule has 2 amide bonds. The first-order valence-corrected chi connectivity index (χ1v) is 11.6. The van der Waals surface area contributed by atoms with E-state index in [0.717, 1.165) is 34.3 Å². The van der Waals surface area contributed by atoms with Crippen LogP contribution in [0.2, 0.25) is 0 Å². The summed E-state index contributed by atoms with van der Waals surface area (Å²) in [5, 5.41) is 4.00. The number of rotatable bonds is 4. The van der Waals surface area contributed by atoms with Crippen molar-refractivity contribution in [1.82, 2.24) is 14.8 Å². The van der Waals surface area contributed by atoms with Gasteiger partial charge < -0.3 is 24.3 Å². The van der Waals surface area contributed by atoms with Gasteiger partial charge in [-0.15, -0.1) is 0 Å². The SMILES string of the molecule is COc1ccc2c3c4n(c2c1)C(C)C[C@@H]4N1C(=O)[C@H](CCC(=O)OC(C)(C)C)NC(=O)[C@@H]1C3. The molecular weight excluding hydrogens is 422 g/mol. The number of amides is 2. The van der Waals surface area contributed by atoms with E-state index in [2.05, 4.69) is 22.9 Å². The van der Waals surface area contributed by atoms with Gasteiger partial charge in [0.25, 0.3) is 0 Å². The molecule has 8 nitrogen and oxygen atoms in total. The second-order valence-corrected chi connectivity index (χ2v) is 10.4. The number of benzene rings is 1. The van der Waals surface area contributed by atoms with Gasteiger partial charge in [0.2, 0.25) is 11.8 Å². The van der Waals surface area contributed by atoms with Crippen molar-refractivity contribution in [2.75, 3.05) is 7.11 Å². The van der Waals surface area contributed by atoms with Crippen LogP contribution in [0.1, 0.15) is 70.3 Å². The normalized spacial score (nSPS) is 26.2. The van der Waals surface area contributed by atoms with Crippen LogP contribution in [0, 0.1) is 0 Å². The lowest BCUT2D eigenvalue weighted by Crippen LogP contribution is -2.65. The Labute approximate surface area is 193 Å². The molecule has 1 saturated heterocycles. The number of ether oxygens (including phenoxy) is 2. The number of aromatic nitrogens is 1. The van der Waals surface area contributed by atoms with Gasteiger partial charge in [0.05, 0.1) is 18.7 Å². The summed E-state index contributed by atoms with van der Waals surface area (Å²) in [4.78, 5) is 40.7. The number of carbonyl (C=O) groups excluding carboxylic acids is 3. The van der Waals surface area contributed by atoms with Gasteiger partial charge in [-0.25, -0.2) is 0 Å². The highest BCUT2D eigenvalue weighted by Crippen LogP contribution is 2.50. The molecule has 0 bridgehead atoms. The molecule has 1 aromatic heterocycles. The Morgan fingerprint density at radius 1 is 1.21 bits per heavy atom. The summed E-state index contributed by atoms with van der Waals surface area (Å²) in [6.45, 7) is 7.58. The van der Waals surface area contributed by atoms with E-state index in [-0.39, 0.29) is 42.7 Å². The molecule has 4 heterocycles. The van der Waals surface area contributed by atoms with Crippen LogP contribution in [0.5, 0.6) is 5.75 Å². The zero-order chi connectivity index (χ0) is 23.7. The summed E-state index contributed by atoms with van der Waals surface area (Å²) in [6, 6.07) is 4.85. The summed E-state index contributed by atoms with van der Waals surface area (Å²) >= 11 is 0. The van der Waals surface area contributed by atoms with E-state index < -0.39 is 17.7 Å². The third-order valence-electron chi connectivity index (χ3n) is 6.98. The Bertz CT molecular complexity index is 1160. The zero-order valence-corrected chi connectivity index (χ0v) is 19.8. The van der Waals surface area contributed by atoms with Crippen LogP contribution in [-0.4, -0.2) is 52.0 Å². The minimum atomic E-state index is -0.711. The van der Waals surface area contributed by atoms with Crippen LogP contribution >= 0.6 is 0 Å². The summed E-state index contributed by atoms with van der Waals surface area (Å²) in [6.07, 6.45) is 1.57. The van der Waals surface area contributed by atoms with Crippen LogP contribution in [0.3, 0.4) is 0 Å². The van der Waals surface area contributed by atoms with Crippen molar-refractivity contribution in [2.45, 2.75) is 83.1 Å². The Balaban J connectivity index is 1.46. The first-order valence-electron chi connectivity index (χ1n) is 11.6. The highest BCUT2D eigenvalue weighted by Gasteiger charge is 2.51. The number of fused-ring (bicyclic) bond motifs is 5. The third-order valence-corrected chi connectivity index (χ3v) is 6.98. The van der Waals surface area contributed by atoms with Crippen molar-refractivity contribution in [1.29, 1.82) is 0 Å². The number of nitrogens with zero attached hydrogens (tertiary/aromatic N) is 2. The molecule has 2 aromatic rings. The molecule has 176 valence electrons. The second-order valence-electron chi connectivity index (χ2n) is 10.4. The molecule has 0 radical (unpaired) electrons. The summed E-state index contributed by atoms with van der Waals surface area (Å²) < 4.78 is 13.1. The molecule has 4 atom stereocenters. The smallest absolute Gasteiger partial charge is 0.306 e. The molecule has 3 aliphatic rings. The van der Waals surface area contributed by atoms with Crippen LogP contribution in [0.25, 0.3) is 10.9 Å². The largest absolute Gasteiger partial charge is 0.497 e. The predicted molar refractivity (Wildman–Crippen MR) is 122 cm³/mol. The van der Waals surface area contributed by atoms with Gasteiger partial charge in [-0.3, -0.25) is 14.4 Å². The monoisotopic (exact) mass is 453 g/mol. The van der Waals surface area contributed by atoms with E-state index in [0.29, 0.717) is 6.42 Å². The molecule has 33 heavy (non-hydrogen) atoms. The van der Waals surface area contributed by atoms with E-state index in [1.165, 1.54) is 0 Å². The van der Waals surface area contributed by atoms with E-state index in [1.54, 1.807) is 12.0 Å². The molecule has 0 aliphatic carbocycles. The maximum Gasteiger partial charge on any atom is 0.306 e. The first-order chi connectivity index (χ1) is 15.6. The van der Waals surface area contributed by atoms with Gasteiger partial charge in [-0.1, -0.05) is 0 Å². The number of carbonyl (C=O) groups is 3. The molecule has 5 rings (SSSR count). The van der Waals surface area contributed by atoms with Gasteiger partial charge in [-0.05, 0) is 58.2 Å². The number of methoxy groups -OCH3 is 1. The number of hydrogen-bond donors (Lipinski definition) is 1.